The normalized spacial score (nSPS) is 14.0. The number of nitrogens with one attached hydrogen (secondary N) is 1. The fourth-order valence-corrected chi connectivity index (χ4v) is 3.58. The molecule has 1 N–H and O–H groups in total. The van der Waals surface area contributed by atoms with Crippen LogP contribution in [0.25, 0.3) is 10.9 Å². The lowest BCUT2D eigenvalue weighted by Gasteiger charge is -2.38. The number of esters is 1. The number of aromatic amines is 1. The van der Waals surface area contributed by atoms with Crippen molar-refractivity contribution >= 4 is 25.2 Å². The fourth-order valence-electron chi connectivity index (χ4n) is 2.34. The Morgan fingerprint density at radius 3 is 2.52 bits per heavy atom. The number of rotatable bonds is 5. The molecule has 0 radical (unpaired) electrons. The zero-order valence-electron chi connectivity index (χ0n) is 14.9. The lowest BCUT2D eigenvalue weighted by molar-refractivity contribution is -0.149. The summed E-state index contributed by atoms with van der Waals surface area (Å²) < 4.78 is 11.3. The zero-order valence-corrected chi connectivity index (χ0v) is 15.9. The number of methoxy groups -OCH3 is 1. The molecule has 1 aromatic heterocycles. The quantitative estimate of drug-likeness (QED) is 0.656. The summed E-state index contributed by atoms with van der Waals surface area (Å²) in [7, 11) is -0.643. The Morgan fingerprint density at radius 1 is 1.26 bits per heavy atom. The number of fused-ring (bicyclic) bond motifs is 1. The molecule has 4 nitrogen and oxygen atoms in total. The van der Waals surface area contributed by atoms with Gasteiger partial charge in [0.1, 0.15) is 6.10 Å². The van der Waals surface area contributed by atoms with Crippen LogP contribution in [0.4, 0.5) is 0 Å². The minimum Gasteiger partial charge on any atom is -0.467 e. The monoisotopic (exact) mass is 333 g/mol. The molecule has 1 atom stereocenters. The van der Waals surface area contributed by atoms with Gasteiger partial charge >= 0.3 is 5.97 Å². The Bertz CT molecular complexity index is 685. The first-order valence-electron chi connectivity index (χ1n) is 7.96. The van der Waals surface area contributed by atoms with Crippen LogP contribution in [0.3, 0.4) is 0 Å². The van der Waals surface area contributed by atoms with E-state index in [1.807, 2.05) is 24.4 Å². The van der Waals surface area contributed by atoms with Gasteiger partial charge in [-0.25, -0.2) is 4.79 Å². The number of carbonyl (C=O) groups excluding carboxylic acids is 1. The standard InChI is InChI=1S/C18H27NO3Si/c1-18(2,3)23(5,6)22-16(17(20)21-4)11-13-12-19-15-10-8-7-9-14(13)15/h7-10,12,16,19H,11H2,1-6H3/t16-/m0/s1. The van der Waals surface area contributed by atoms with E-state index in [4.69, 9.17) is 9.16 Å². The molecule has 0 bridgehead atoms. The van der Waals surface area contributed by atoms with Gasteiger partial charge in [0.05, 0.1) is 7.11 Å². The molecule has 0 spiro atoms. The van der Waals surface area contributed by atoms with Gasteiger partial charge in [-0.2, -0.15) is 0 Å². The minimum absolute atomic E-state index is 0.0412. The fraction of sp³-hybridized carbons (Fsp3) is 0.500. The molecule has 2 rings (SSSR count). The summed E-state index contributed by atoms with van der Waals surface area (Å²) >= 11 is 0. The highest BCUT2D eigenvalue weighted by atomic mass is 28.4. The van der Waals surface area contributed by atoms with Crippen molar-refractivity contribution in [3.05, 3.63) is 36.0 Å². The maximum absolute atomic E-state index is 12.2. The maximum Gasteiger partial charge on any atom is 0.334 e. The van der Waals surface area contributed by atoms with Gasteiger partial charge in [0.2, 0.25) is 0 Å². The predicted molar refractivity (Wildman–Crippen MR) is 96.1 cm³/mol. The number of H-pyrrole nitrogens is 1. The second-order valence-electron chi connectivity index (χ2n) is 7.45. The van der Waals surface area contributed by atoms with E-state index >= 15 is 0 Å². The number of carbonyl (C=O) groups is 1. The molecule has 23 heavy (non-hydrogen) atoms. The molecular formula is C18H27NO3Si. The Kier molecular flexibility index (Phi) is 5.01. The first kappa shape index (κ1) is 17.8. The van der Waals surface area contributed by atoms with E-state index in [0.717, 1.165) is 16.5 Å². The minimum atomic E-state index is -2.06. The highest BCUT2D eigenvalue weighted by Crippen LogP contribution is 2.38. The van der Waals surface area contributed by atoms with Crippen LogP contribution in [0, 0.1) is 0 Å². The maximum atomic E-state index is 12.2. The van der Waals surface area contributed by atoms with Crippen molar-refractivity contribution < 1.29 is 14.0 Å². The van der Waals surface area contributed by atoms with Crippen LogP contribution in [0.2, 0.25) is 18.1 Å². The summed E-state index contributed by atoms with van der Waals surface area (Å²) in [6.45, 7) is 10.8. The summed E-state index contributed by atoms with van der Waals surface area (Å²) in [5, 5.41) is 1.17. The van der Waals surface area contributed by atoms with Gasteiger partial charge in [-0.3, -0.25) is 0 Å². The molecule has 5 heteroatoms. The van der Waals surface area contributed by atoms with Crippen molar-refractivity contribution in [2.75, 3.05) is 7.11 Å². The SMILES string of the molecule is COC(=O)[C@H](Cc1c[nH]c2ccccc12)O[Si](C)(C)C(C)(C)C. The van der Waals surface area contributed by atoms with Crippen LogP contribution in [0.1, 0.15) is 26.3 Å². The highest BCUT2D eigenvalue weighted by molar-refractivity contribution is 6.74. The van der Waals surface area contributed by atoms with Crippen molar-refractivity contribution in [2.24, 2.45) is 0 Å². The molecule has 0 fully saturated rings. The van der Waals surface area contributed by atoms with Crippen molar-refractivity contribution in [2.45, 2.75) is 51.4 Å². The van der Waals surface area contributed by atoms with Crippen LogP contribution < -0.4 is 0 Å². The Balaban J connectivity index is 2.28. The number of benzene rings is 1. The molecule has 1 heterocycles. The largest absolute Gasteiger partial charge is 0.467 e. The van der Waals surface area contributed by atoms with E-state index in [0.29, 0.717) is 6.42 Å². The average molecular weight is 334 g/mol. The van der Waals surface area contributed by atoms with Crippen LogP contribution in [0.5, 0.6) is 0 Å². The second kappa shape index (κ2) is 6.49. The van der Waals surface area contributed by atoms with Gasteiger partial charge in [0.15, 0.2) is 8.32 Å². The third-order valence-corrected chi connectivity index (χ3v) is 9.27. The molecule has 2 aromatic rings. The Labute approximate surface area is 139 Å². The molecule has 126 valence electrons. The third-order valence-electron chi connectivity index (χ3n) is 4.79. The van der Waals surface area contributed by atoms with E-state index in [-0.39, 0.29) is 11.0 Å². The highest BCUT2D eigenvalue weighted by Gasteiger charge is 2.41. The van der Waals surface area contributed by atoms with Crippen LogP contribution in [-0.2, 0) is 20.4 Å². The van der Waals surface area contributed by atoms with Gasteiger partial charge in [-0.05, 0) is 29.8 Å². The molecule has 0 aliphatic carbocycles. The molecule has 0 unspecified atom stereocenters. The lowest BCUT2D eigenvalue weighted by Crippen LogP contribution is -2.47. The van der Waals surface area contributed by atoms with E-state index in [2.05, 4.69) is 44.9 Å². The van der Waals surface area contributed by atoms with Gasteiger partial charge in [0, 0.05) is 23.5 Å². The van der Waals surface area contributed by atoms with Gasteiger partial charge < -0.3 is 14.1 Å². The summed E-state index contributed by atoms with van der Waals surface area (Å²) in [6.07, 6.45) is 1.90. The van der Waals surface area contributed by atoms with Crippen LogP contribution >= 0.6 is 0 Å². The average Bonchev–Trinajstić information content (AvgIpc) is 2.88. The first-order valence-corrected chi connectivity index (χ1v) is 10.9. The molecule has 0 amide bonds. The zero-order chi connectivity index (χ0) is 17.3. The Morgan fingerprint density at radius 2 is 1.91 bits per heavy atom. The smallest absolute Gasteiger partial charge is 0.334 e. The summed E-state index contributed by atoms with van der Waals surface area (Å²) in [5.74, 6) is -0.305. The Hall–Kier alpha value is -1.59. The predicted octanol–water partition coefficient (Wildman–Crippen LogP) is 4.27. The number of ether oxygens (including phenoxy) is 1. The number of para-hydroxylation sites is 1. The van der Waals surface area contributed by atoms with Crippen molar-refractivity contribution in [3.63, 3.8) is 0 Å². The third kappa shape index (κ3) is 3.84. The molecule has 0 aliphatic heterocycles. The molecule has 0 saturated heterocycles. The van der Waals surface area contributed by atoms with E-state index in [9.17, 15) is 4.79 Å². The van der Waals surface area contributed by atoms with Gasteiger partial charge in [-0.1, -0.05) is 39.0 Å². The summed E-state index contributed by atoms with van der Waals surface area (Å²) in [5.41, 5.74) is 2.15. The molecule has 1 aromatic carbocycles. The first-order chi connectivity index (χ1) is 10.7. The second-order valence-corrected chi connectivity index (χ2v) is 12.2. The van der Waals surface area contributed by atoms with Crippen molar-refractivity contribution in [1.29, 1.82) is 0 Å². The van der Waals surface area contributed by atoms with Crippen LogP contribution in [0.15, 0.2) is 30.5 Å². The van der Waals surface area contributed by atoms with E-state index in [1.54, 1.807) is 0 Å². The number of aromatic nitrogens is 1. The lowest BCUT2D eigenvalue weighted by atomic mass is 10.1. The number of hydrogen-bond donors (Lipinski definition) is 1. The molecule has 0 saturated carbocycles. The van der Waals surface area contributed by atoms with Gasteiger partial charge in [0.25, 0.3) is 0 Å². The summed E-state index contributed by atoms with van der Waals surface area (Å²) in [6, 6.07) is 8.08. The van der Waals surface area contributed by atoms with E-state index < -0.39 is 14.4 Å². The number of hydrogen-bond acceptors (Lipinski definition) is 3. The van der Waals surface area contributed by atoms with Crippen molar-refractivity contribution in [1.82, 2.24) is 4.98 Å². The topological polar surface area (TPSA) is 51.3 Å². The summed E-state index contributed by atoms with van der Waals surface area (Å²) in [4.78, 5) is 15.5. The van der Waals surface area contributed by atoms with Crippen molar-refractivity contribution in [3.8, 4) is 0 Å². The van der Waals surface area contributed by atoms with Gasteiger partial charge in [-0.15, -0.1) is 0 Å². The molecule has 0 aliphatic rings. The van der Waals surface area contributed by atoms with Crippen LogP contribution in [-0.4, -0.2) is 32.5 Å². The molecular weight excluding hydrogens is 306 g/mol. The van der Waals surface area contributed by atoms with E-state index in [1.165, 1.54) is 7.11 Å².